The second kappa shape index (κ2) is 6.53. The number of nitrogens with one attached hydrogen (secondary N) is 2. The monoisotopic (exact) mass is 299 g/mol. The van der Waals surface area contributed by atoms with Crippen LogP contribution in [0.4, 0.5) is 13.9 Å². The minimum absolute atomic E-state index is 0.0621. The summed E-state index contributed by atoms with van der Waals surface area (Å²) in [4.78, 5) is 4.01. The fourth-order valence-corrected chi connectivity index (χ4v) is 2.30. The van der Waals surface area contributed by atoms with Gasteiger partial charge in [-0.25, -0.2) is 13.8 Å². The molecular weight excluding hydrogens is 288 g/mol. The summed E-state index contributed by atoms with van der Waals surface area (Å²) in [5.41, 5.74) is 0.0621. The van der Waals surface area contributed by atoms with E-state index in [2.05, 4.69) is 15.6 Å². The molecular formula is C12H11F2N3S2. The third kappa shape index (κ3) is 3.93. The average molecular weight is 299 g/mol. The molecule has 0 amide bonds. The number of hydrogen-bond donors (Lipinski definition) is 2. The molecule has 0 aliphatic carbocycles. The Morgan fingerprint density at radius 3 is 2.68 bits per heavy atom. The normalized spacial score (nSPS) is 10.2. The number of aromatic nitrogens is 1. The highest BCUT2D eigenvalue weighted by molar-refractivity contribution is 7.80. The Kier molecular flexibility index (Phi) is 4.75. The zero-order valence-corrected chi connectivity index (χ0v) is 11.5. The zero-order chi connectivity index (χ0) is 13.7. The molecule has 0 spiro atoms. The summed E-state index contributed by atoms with van der Waals surface area (Å²) < 4.78 is 26.7. The fraction of sp³-hybridized carbons (Fsp3) is 0.167. The van der Waals surface area contributed by atoms with Gasteiger partial charge in [-0.1, -0.05) is 6.07 Å². The number of benzene rings is 1. The summed E-state index contributed by atoms with van der Waals surface area (Å²) in [5, 5.41) is 8.63. The van der Waals surface area contributed by atoms with E-state index in [0.29, 0.717) is 16.8 Å². The Morgan fingerprint density at radius 2 is 2.05 bits per heavy atom. The standard InChI is InChI=1S/C12H11F2N3S2/c13-9-2-1-3-10(14)8(9)4-5-15-11(18)17-12-16-6-7-19-12/h1-3,6-7H,4-5H2,(H2,15,16,17,18). The highest BCUT2D eigenvalue weighted by Gasteiger charge is 2.08. The topological polar surface area (TPSA) is 37.0 Å². The van der Waals surface area contributed by atoms with E-state index in [0.717, 1.165) is 0 Å². The van der Waals surface area contributed by atoms with Crippen LogP contribution in [0.3, 0.4) is 0 Å². The third-order valence-corrected chi connectivity index (χ3v) is 3.31. The van der Waals surface area contributed by atoms with Crippen LogP contribution >= 0.6 is 23.6 Å². The van der Waals surface area contributed by atoms with Crippen LogP contribution in [0.5, 0.6) is 0 Å². The van der Waals surface area contributed by atoms with Crippen molar-refractivity contribution in [1.29, 1.82) is 0 Å². The van der Waals surface area contributed by atoms with E-state index in [-0.39, 0.29) is 12.0 Å². The first-order valence-electron chi connectivity index (χ1n) is 5.54. The zero-order valence-electron chi connectivity index (χ0n) is 9.82. The van der Waals surface area contributed by atoms with Gasteiger partial charge in [-0.05, 0) is 30.8 Å². The number of thiazole rings is 1. The van der Waals surface area contributed by atoms with Crippen molar-refractivity contribution < 1.29 is 8.78 Å². The number of thiocarbonyl (C=S) groups is 1. The summed E-state index contributed by atoms with van der Waals surface area (Å²) in [7, 11) is 0. The highest BCUT2D eigenvalue weighted by Crippen LogP contribution is 2.12. The van der Waals surface area contributed by atoms with Crippen LogP contribution in [-0.2, 0) is 6.42 Å². The van der Waals surface area contributed by atoms with E-state index < -0.39 is 11.6 Å². The van der Waals surface area contributed by atoms with Gasteiger partial charge in [0.2, 0.25) is 0 Å². The van der Waals surface area contributed by atoms with Crippen LogP contribution in [0.1, 0.15) is 5.56 Å². The minimum atomic E-state index is -0.541. The summed E-state index contributed by atoms with van der Waals surface area (Å²) >= 11 is 6.46. The fourth-order valence-electron chi connectivity index (χ4n) is 1.50. The number of halogens is 2. The molecule has 0 unspecified atom stereocenters. The second-order valence-electron chi connectivity index (χ2n) is 3.67. The van der Waals surface area contributed by atoms with Crippen molar-refractivity contribution in [2.24, 2.45) is 0 Å². The highest BCUT2D eigenvalue weighted by atomic mass is 32.1. The first kappa shape index (κ1) is 13.8. The summed E-state index contributed by atoms with van der Waals surface area (Å²) in [5.74, 6) is -1.08. The molecule has 2 rings (SSSR count). The van der Waals surface area contributed by atoms with Crippen molar-refractivity contribution in [2.45, 2.75) is 6.42 Å². The summed E-state index contributed by atoms with van der Waals surface area (Å²) in [6.07, 6.45) is 1.88. The van der Waals surface area contributed by atoms with Crippen LogP contribution in [0, 0.1) is 11.6 Å². The molecule has 0 aliphatic rings. The molecule has 1 heterocycles. The SMILES string of the molecule is Fc1cccc(F)c1CCNC(=S)Nc1nccs1. The van der Waals surface area contributed by atoms with Crippen molar-refractivity contribution >= 4 is 33.8 Å². The van der Waals surface area contributed by atoms with Gasteiger partial charge in [0.25, 0.3) is 0 Å². The minimum Gasteiger partial charge on any atom is -0.362 e. The molecule has 0 fully saturated rings. The van der Waals surface area contributed by atoms with Crippen LogP contribution < -0.4 is 10.6 Å². The predicted molar refractivity (Wildman–Crippen MR) is 76.4 cm³/mol. The lowest BCUT2D eigenvalue weighted by Crippen LogP contribution is -2.30. The van der Waals surface area contributed by atoms with Gasteiger partial charge in [0.15, 0.2) is 10.2 Å². The van der Waals surface area contributed by atoms with Crippen LogP contribution in [0.2, 0.25) is 0 Å². The Hall–Kier alpha value is -1.60. The lowest BCUT2D eigenvalue weighted by Gasteiger charge is -2.09. The molecule has 1 aromatic carbocycles. The van der Waals surface area contributed by atoms with E-state index >= 15 is 0 Å². The van der Waals surface area contributed by atoms with Crippen molar-refractivity contribution in [3.8, 4) is 0 Å². The number of hydrogen-bond acceptors (Lipinski definition) is 3. The molecule has 0 aliphatic heterocycles. The van der Waals surface area contributed by atoms with Gasteiger partial charge in [0, 0.05) is 23.7 Å². The lowest BCUT2D eigenvalue weighted by molar-refractivity contribution is 0.553. The molecule has 19 heavy (non-hydrogen) atoms. The van der Waals surface area contributed by atoms with Crippen molar-refractivity contribution in [3.05, 3.63) is 47.0 Å². The molecule has 2 aromatic rings. The van der Waals surface area contributed by atoms with Gasteiger partial charge in [-0.15, -0.1) is 11.3 Å². The third-order valence-electron chi connectivity index (χ3n) is 2.38. The molecule has 2 N–H and O–H groups in total. The van der Waals surface area contributed by atoms with Gasteiger partial charge < -0.3 is 10.6 Å². The van der Waals surface area contributed by atoms with Gasteiger partial charge in [-0.2, -0.15) is 0 Å². The Bertz CT molecular complexity index is 538. The molecule has 0 atom stereocenters. The molecule has 1 aromatic heterocycles. The van der Waals surface area contributed by atoms with E-state index in [4.69, 9.17) is 12.2 Å². The van der Waals surface area contributed by atoms with E-state index in [1.807, 2.05) is 5.38 Å². The Morgan fingerprint density at radius 1 is 1.32 bits per heavy atom. The molecule has 3 nitrogen and oxygen atoms in total. The molecule has 0 bridgehead atoms. The average Bonchev–Trinajstić information content (AvgIpc) is 2.85. The molecule has 0 radical (unpaired) electrons. The van der Waals surface area contributed by atoms with E-state index in [1.54, 1.807) is 6.20 Å². The maximum Gasteiger partial charge on any atom is 0.188 e. The van der Waals surface area contributed by atoms with Crippen LogP contribution in [0.25, 0.3) is 0 Å². The number of rotatable bonds is 4. The number of nitrogens with zero attached hydrogens (tertiary/aromatic N) is 1. The first-order chi connectivity index (χ1) is 9.16. The molecule has 0 saturated heterocycles. The second-order valence-corrected chi connectivity index (χ2v) is 4.97. The molecule has 100 valence electrons. The first-order valence-corrected chi connectivity index (χ1v) is 6.83. The van der Waals surface area contributed by atoms with Crippen molar-refractivity contribution in [3.63, 3.8) is 0 Å². The molecule has 0 saturated carbocycles. The molecule has 7 heteroatoms. The maximum absolute atomic E-state index is 13.4. The van der Waals surface area contributed by atoms with Crippen molar-refractivity contribution in [1.82, 2.24) is 10.3 Å². The van der Waals surface area contributed by atoms with Gasteiger partial charge >= 0.3 is 0 Å². The maximum atomic E-state index is 13.4. The van der Waals surface area contributed by atoms with Crippen LogP contribution in [0.15, 0.2) is 29.8 Å². The summed E-state index contributed by atoms with van der Waals surface area (Å²) in [6.45, 7) is 0.342. The van der Waals surface area contributed by atoms with E-state index in [1.165, 1.54) is 29.5 Å². The Balaban J connectivity index is 1.82. The predicted octanol–water partition coefficient (Wildman–Crippen LogP) is 2.95. The van der Waals surface area contributed by atoms with Crippen molar-refractivity contribution in [2.75, 3.05) is 11.9 Å². The quantitative estimate of drug-likeness (QED) is 0.851. The largest absolute Gasteiger partial charge is 0.362 e. The lowest BCUT2D eigenvalue weighted by atomic mass is 10.1. The Labute approximate surface area is 118 Å². The van der Waals surface area contributed by atoms with Gasteiger partial charge in [-0.3, -0.25) is 0 Å². The summed E-state index contributed by atoms with van der Waals surface area (Å²) in [6, 6.07) is 3.82. The van der Waals surface area contributed by atoms with E-state index in [9.17, 15) is 8.78 Å². The van der Waals surface area contributed by atoms with Crippen LogP contribution in [-0.4, -0.2) is 16.6 Å². The van der Waals surface area contributed by atoms with Gasteiger partial charge in [0.1, 0.15) is 11.6 Å². The number of anilines is 1. The van der Waals surface area contributed by atoms with Gasteiger partial charge in [0.05, 0.1) is 0 Å². The smallest absolute Gasteiger partial charge is 0.188 e.